The van der Waals surface area contributed by atoms with Crippen LogP contribution in [0, 0.1) is 0 Å². The molecule has 1 aliphatic heterocycles. The Balaban J connectivity index is -0.000000433. The molecule has 0 radical (unpaired) electrons. The second kappa shape index (κ2) is 19.9. The average molecular weight is 467 g/mol. The zero-order chi connectivity index (χ0) is 19.9. The van der Waals surface area contributed by atoms with Crippen LogP contribution in [0.25, 0.3) is 0 Å². The molecule has 1 aliphatic rings. The summed E-state index contributed by atoms with van der Waals surface area (Å²) in [6, 6.07) is 3.41. The first-order chi connectivity index (χ1) is 12.4. The fourth-order valence-electron chi connectivity index (χ4n) is 2.29. The molecular formula is C21H36BrN2NaO3. The van der Waals surface area contributed by atoms with Crippen LogP contribution < -0.4 is 61.5 Å². The van der Waals surface area contributed by atoms with E-state index in [9.17, 15) is 14.7 Å². The van der Waals surface area contributed by atoms with Crippen molar-refractivity contribution in [1.29, 1.82) is 0 Å². The van der Waals surface area contributed by atoms with E-state index in [1.165, 1.54) is 18.4 Å². The minimum atomic E-state index is -1.02. The number of hydrogen-bond donors (Lipinski definition) is 1. The predicted octanol–water partition coefficient (Wildman–Crippen LogP) is -3.10. The van der Waals surface area contributed by atoms with Gasteiger partial charge in [-0.05, 0) is 24.3 Å². The Hall–Kier alpha value is -0.430. The van der Waals surface area contributed by atoms with E-state index in [0.29, 0.717) is 12.3 Å². The van der Waals surface area contributed by atoms with Crippen molar-refractivity contribution >= 4 is 11.9 Å². The van der Waals surface area contributed by atoms with Crippen LogP contribution in [-0.2, 0) is 9.59 Å². The number of pyridine rings is 1. The van der Waals surface area contributed by atoms with Gasteiger partial charge in [0, 0.05) is 31.5 Å². The third kappa shape index (κ3) is 13.7. The standard InChI is InChI=1S/C13H19NO2.C4H7NO.C4H10.BrH.Na/c1-4-10(3)11-6-8-14(9-7-11)12(5-2)13(15)16;6-4-2-1-3-5-4;1-3-4-2;;/h6-10,12H,4-5H2,1-3H3;1-3H2,(H,5,6);3-4H2,1-2H3;1H;/q;;;;+1/p-1. The number of amides is 1. The summed E-state index contributed by atoms with van der Waals surface area (Å²) in [5.41, 5.74) is 1.24. The van der Waals surface area contributed by atoms with E-state index in [1.807, 2.05) is 31.5 Å². The Morgan fingerprint density at radius 2 is 1.68 bits per heavy atom. The second-order valence-electron chi connectivity index (χ2n) is 6.58. The number of nitrogens with one attached hydrogen (secondary N) is 1. The van der Waals surface area contributed by atoms with Crippen LogP contribution in [0.5, 0.6) is 0 Å². The maximum Gasteiger partial charge on any atom is 1.00 e. The molecule has 0 spiro atoms. The number of halogens is 1. The van der Waals surface area contributed by atoms with E-state index in [0.717, 1.165) is 25.8 Å². The molecular weight excluding hydrogens is 431 g/mol. The van der Waals surface area contributed by atoms with Crippen LogP contribution in [-0.4, -0.2) is 18.4 Å². The number of hydrogen-bond acceptors (Lipinski definition) is 3. The van der Waals surface area contributed by atoms with E-state index in [1.54, 1.807) is 4.57 Å². The molecule has 1 fully saturated rings. The van der Waals surface area contributed by atoms with Gasteiger partial charge in [-0.1, -0.05) is 47.5 Å². The molecule has 2 heterocycles. The maximum atomic E-state index is 10.9. The van der Waals surface area contributed by atoms with Gasteiger partial charge < -0.3 is 32.2 Å². The van der Waals surface area contributed by atoms with E-state index >= 15 is 0 Å². The molecule has 7 heteroatoms. The summed E-state index contributed by atoms with van der Waals surface area (Å²) in [5, 5.41) is 13.6. The van der Waals surface area contributed by atoms with Gasteiger partial charge in [-0.15, -0.1) is 0 Å². The number of unbranched alkanes of at least 4 members (excludes halogenated alkanes) is 1. The molecule has 1 aromatic heterocycles. The fraction of sp³-hybridized carbons (Fsp3) is 0.667. The SMILES string of the molecule is CCC(C)c1cc[n+](C(CC)C(=O)[O-])cc1.CCCC.O=C1CCCN1.[Br-].[Na+]. The minimum absolute atomic E-state index is 0. The van der Waals surface area contributed by atoms with Gasteiger partial charge in [-0.25, -0.2) is 0 Å². The largest absolute Gasteiger partial charge is 1.00 e. The van der Waals surface area contributed by atoms with Gasteiger partial charge in [0.1, 0.15) is 5.97 Å². The summed E-state index contributed by atoms with van der Waals surface area (Å²) in [5.74, 6) is -0.309. The Kier molecular flexibility index (Phi) is 22.9. The van der Waals surface area contributed by atoms with Gasteiger partial charge in [0.15, 0.2) is 18.4 Å². The molecule has 1 saturated heterocycles. The smallest absolute Gasteiger partial charge is 1.00 e. The van der Waals surface area contributed by atoms with Crippen LogP contribution in [0.1, 0.15) is 90.7 Å². The Morgan fingerprint density at radius 1 is 1.14 bits per heavy atom. The zero-order valence-corrected chi connectivity index (χ0v) is 22.0. The summed E-state index contributed by atoms with van der Waals surface area (Å²) in [7, 11) is 0. The van der Waals surface area contributed by atoms with Crippen LogP contribution in [0.4, 0.5) is 0 Å². The molecule has 1 amide bonds. The number of aromatic nitrogens is 1. The van der Waals surface area contributed by atoms with Crippen LogP contribution in [0.3, 0.4) is 0 Å². The maximum absolute atomic E-state index is 10.9. The molecule has 0 saturated carbocycles. The monoisotopic (exact) mass is 466 g/mol. The quantitative estimate of drug-likeness (QED) is 0.356. The third-order valence-corrected chi connectivity index (χ3v) is 4.48. The van der Waals surface area contributed by atoms with Gasteiger partial charge in [-0.2, -0.15) is 4.57 Å². The van der Waals surface area contributed by atoms with E-state index in [4.69, 9.17) is 0 Å². The topological polar surface area (TPSA) is 73.1 Å². The molecule has 2 unspecified atom stereocenters. The summed E-state index contributed by atoms with van der Waals surface area (Å²) < 4.78 is 1.70. The average Bonchev–Trinajstić information content (AvgIpc) is 3.13. The molecule has 0 aliphatic carbocycles. The first-order valence-electron chi connectivity index (χ1n) is 9.89. The zero-order valence-electron chi connectivity index (χ0n) is 18.5. The summed E-state index contributed by atoms with van der Waals surface area (Å²) in [4.78, 5) is 21.0. The Bertz CT molecular complexity index is 517. The normalized spacial score (nSPS) is 13.8. The van der Waals surface area contributed by atoms with Gasteiger partial charge >= 0.3 is 29.6 Å². The van der Waals surface area contributed by atoms with Crippen molar-refractivity contribution in [2.75, 3.05) is 6.54 Å². The number of carbonyl (C=O) groups excluding carboxylic acids is 2. The van der Waals surface area contributed by atoms with Crippen molar-refractivity contribution in [1.82, 2.24) is 5.32 Å². The first kappa shape index (κ1) is 32.2. The predicted molar refractivity (Wildman–Crippen MR) is 103 cm³/mol. The molecule has 0 bridgehead atoms. The van der Waals surface area contributed by atoms with E-state index in [2.05, 4.69) is 33.0 Å². The van der Waals surface area contributed by atoms with Crippen LogP contribution in [0.15, 0.2) is 24.5 Å². The second-order valence-corrected chi connectivity index (χ2v) is 6.58. The van der Waals surface area contributed by atoms with Gasteiger partial charge in [-0.3, -0.25) is 4.79 Å². The molecule has 2 rings (SSSR count). The van der Waals surface area contributed by atoms with Gasteiger partial charge in [0.05, 0.1) is 0 Å². The number of aliphatic carboxylic acids is 1. The first-order valence-corrected chi connectivity index (χ1v) is 9.89. The van der Waals surface area contributed by atoms with E-state index in [-0.39, 0.29) is 52.4 Å². The minimum Gasteiger partial charge on any atom is -1.00 e. The van der Waals surface area contributed by atoms with Crippen molar-refractivity contribution in [3.63, 3.8) is 0 Å². The number of carbonyl (C=O) groups is 2. The molecule has 1 aromatic rings. The number of carboxylic acid groups (broad SMARTS) is 1. The van der Waals surface area contributed by atoms with E-state index < -0.39 is 12.0 Å². The molecule has 2 atom stereocenters. The number of nitrogens with zero attached hydrogens (tertiary/aromatic N) is 1. The van der Waals surface area contributed by atoms with Crippen molar-refractivity contribution < 1.29 is 65.8 Å². The molecule has 1 N–H and O–H groups in total. The van der Waals surface area contributed by atoms with Gasteiger partial charge in [0.2, 0.25) is 5.91 Å². The summed E-state index contributed by atoms with van der Waals surface area (Å²) >= 11 is 0. The van der Waals surface area contributed by atoms with Crippen molar-refractivity contribution in [2.24, 2.45) is 0 Å². The van der Waals surface area contributed by atoms with Crippen molar-refractivity contribution in [3.05, 3.63) is 30.1 Å². The third-order valence-electron chi connectivity index (χ3n) is 4.48. The summed E-state index contributed by atoms with van der Waals surface area (Å²) in [6.45, 7) is 11.4. The summed E-state index contributed by atoms with van der Waals surface area (Å²) in [6.07, 6.45) is 9.67. The molecule has 156 valence electrons. The molecule has 5 nitrogen and oxygen atoms in total. The van der Waals surface area contributed by atoms with Crippen molar-refractivity contribution in [3.8, 4) is 0 Å². The molecule has 0 aromatic carbocycles. The Labute approximate surface area is 203 Å². The van der Waals surface area contributed by atoms with Crippen LogP contribution >= 0.6 is 0 Å². The Morgan fingerprint density at radius 3 is 1.93 bits per heavy atom. The van der Waals surface area contributed by atoms with Crippen LogP contribution in [0.2, 0.25) is 0 Å². The fourth-order valence-corrected chi connectivity index (χ4v) is 2.29. The number of rotatable bonds is 6. The molecule has 28 heavy (non-hydrogen) atoms. The van der Waals surface area contributed by atoms with Gasteiger partial charge in [0.25, 0.3) is 0 Å². The number of carboxylic acids is 1. The van der Waals surface area contributed by atoms with Crippen molar-refractivity contribution in [2.45, 2.75) is 85.1 Å².